The van der Waals surface area contributed by atoms with Crippen LogP contribution in [0.5, 0.6) is 0 Å². The molecule has 33 heavy (non-hydrogen) atoms. The molecule has 0 atom stereocenters. The van der Waals surface area contributed by atoms with Crippen LogP contribution in [0.1, 0.15) is 31.9 Å². The highest BCUT2D eigenvalue weighted by Gasteiger charge is 2.22. The minimum absolute atomic E-state index is 0.0302. The monoisotopic (exact) mass is 454 g/mol. The second-order valence-electron chi connectivity index (χ2n) is 7.84. The van der Waals surface area contributed by atoms with E-state index in [4.69, 9.17) is 10.2 Å². The van der Waals surface area contributed by atoms with Crippen molar-refractivity contribution < 1.29 is 18.0 Å². The van der Waals surface area contributed by atoms with Crippen molar-refractivity contribution in [2.75, 3.05) is 5.32 Å². The van der Waals surface area contributed by atoms with Crippen LogP contribution < -0.4 is 11.1 Å². The minimum Gasteiger partial charge on any atom is -0.415 e. The van der Waals surface area contributed by atoms with Gasteiger partial charge in [-0.05, 0) is 38.1 Å². The van der Waals surface area contributed by atoms with Crippen LogP contribution in [0.2, 0.25) is 0 Å². The standard InChI is InChI=1S/C21H20F2N8O2/c1-21(2,24)20(32)26-14-5-3-4-12(8-14)16-11-31(30-27-16)10-15-7-6-13(9-25-15)18-28-29-19(33-18)17(22)23/h3-9,11,17H,10,24H2,1-2H3,(H,26,32). The number of halogens is 2. The topological polar surface area (TPSA) is 138 Å². The van der Waals surface area contributed by atoms with Gasteiger partial charge in [-0.15, -0.1) is 15.3 Å². The van der Waals surface area contributed by atoms with Crippen molar-refractivity contribution in [1.29, 1.82) is 0 Å². The average molecular weight is 454 g/mol. The van der Waals surface area contributed by atoms with Gasteiger partial charge in [0.2, 0.25) is 11.8 Å². The van der Waals surface area contributed by atoms with Crippen LogP contribution in [0.25, 0.3) is 22.7 Å². The number of aromatic nitrogens is 6. The molecule has 0 saturated heterocycles. The molecule has 0 aliphatic heterocycles. The van der Waals surface area contributed by atoms with Crippen molar-refractivity contribution in [2.45, 2.75) is 32.4 Å². The molecule has 3 heterocycles. The highest BCUT2D eigenvalue weighted by Crippen LogP contribution is 2.23. The van der Waals surface area contributed by atoms with Gasteiger partial charge in [0, 0.05) is 17.4 Å². The summed E-state index contributed by atoms with van der Waals surface area (Å²) in [4.78, 5) is 16.4. The Bertz CT molecular complexity index is 1260. The van der Waals surface area contributed by atoms with Gasteiger partial charge in [0.25, 0.3) is 5.89 Å². The van der Waals surface area contributed by atoms with Gasteiger partial charge in [-0.1, -0.05) is 17.3 Å². The van der Waals surface area contributed by atoms with Crippen LogP contribution in [-0.4, -0.2) is 41.6 Å². The average Bonchev–Trinajstić information content (AvgIpc) is 3.44. The van der Waals surface area contributed by atoms with E-state index in [0.717, 1.165) is 5.56 Å². The first kappa shape index (κ1) is 22.1. The maximum atomic E-state index is 12.6. The number of rotatable bonds is 7. The maximum Gasteiger partial charge on any atom is 0.314 e. The molecule has 0 unspecified atom stereocenters. The van der Waals surface area contributed by atoms with Gasteiger partial charge < -0.3 is 15.5 Å². The van der Waals surface area contributed by atoms with Crippen LogP contribution in [0.4, 0.5) is 14.5 Å². The smallest absolute Gasteiger partial charge is 0.314 e. The Morgan fingerprint density at radius 2 is 2.00 bits per heavy atom. The first-order valence-corrected chi connectivity index (χ1v) is 9.87. The quantitative estimate of drug-likeness (QED) is 0.435. The summed E-state index contributed by atoms with van der Waals surface area (Å²) in [5.41, 5.74) is 7.88. The normalized spacial score (nSPS) is 11.7. The molecule has 4 aromatic rings. The van der Waals surface area contributed by atoms with Crippen LogP contribution in [0.15, 0.2) is 53.2 Å². The molecule has 0 spiro atoms. The lowest BCUT2D eigenvalue weighted by Gasteiger charge is -2.17. The summed E-state index contributed by atoms with van der Waals surface area (Å²) in [6.45, 7) is 3.58. The molecule has 0 bridgehead atoms. The zero-order valence-electron chi connectivity index (χ0n) is 17.7. The molecule has 3 aromatic heterocycles. The molecular weight excluding hydrogens is 434 g/mol. The number of carbonyl (C=O) groups is 1. The fraction of sp³-hybridized carbons (Fsp3) is 0.238. The molecule has 0 radical (unpaired) electrons. The number of alkyl halides is 2. The number of carbonyl (C=O) groups excluding carboxylic acids is 1. The Morgan fingerprint density at radius 1 is 1.18 bits per heavy atom. The molecular formula is C21H20F2N8O2. The molecule has 12 heteroatoms. The zero-order valence-corrected chi connectivity index (χ0v) is 17.7. The Kier molecular flexibility index (Phi) is 5.92. The van der Waals surface area contributed by atoms with E-state index < -0.39 is 17.9 Å². The Balaban J connectivity index is 1.45. The molecule has 0 aliphatic carbocycles. The number of hydrogen-bond acceptors (Lipinski definition) is 8. The molecule has 0 aliphatic rings. The number of benzene rings is 1. The van der Waals surface area contributed by atoms with Gasteiger partial charge in [-0.25, -0.2) is 4.68 Å². The summed E-state index contributed by atoms with van der Waals surface area (Å²) in [7, 11) is 0. The number of amides is 1. The summed E-state index contributed by atoms with van der Waals surface area (Å²) in [5.74, 6) is -1.07. The van der Waals surface area contributed by atoms with Crippen LogP contribution in [0, 0.1) is 0 Å². The van der Waals surface area contributed by atoms with Crippen molar-refractivity contribution in [3.05, 3.63) is 60.4 Å². The van der Waals surface area contributed by atoms with E-state index >= 15 is 0 Å². The fourth-order valence-electron chi connectivity index (χ4n) is 2.81. The summed E-state index contributed by atoms with van der Waals surface area (Å²) in [5, 5.41) is 18.0. The second-order valence-corrected chi connectivity index (χ2v) is 7.84. The molecule has 1 aromatic carbocycles. The van der Waals surface area contributed by atoms with E-state index in [1.807, 2.05) is 6.07 Å². The molecule has 10 nitrogen and oxygen atoms in total. The van der Waals surface area contributed by atoms with Crippen molar-refractivity contribution in [1.82, 2.24) is 30.2 Å². The van der Waals surface area contributed by atoms with Crippen LogP contribution in [0.3, 0.4) is 0 Å². The van der Waals surface area contributed by atoms with Crippen molar-refractivity contribution in [3.63, 3.8) is 0 Å². The highest BCUT2D eigenvalue weighted by molar-refractivity contribution is 5.97. The van der Waals surface area contributed by atoms with Crippen LogP contribution in [-0.2, 0) is 11.3 Å². The minimum atomic E-state index is -2.83. The first-order chi connectivity index (χ1) is 15.7. The van der Waals surface area contributed by atoms with Gasteiger partial charge in [-0.2, -0.15) is 8.78 Å². The van der Waals surface area contributed by atoms with Gasteiger partial charge >= 0.3 is 6.43 Å². The van der Waals surface area contributed by atoms with E-state index in [0.29, 0.717) is 29.2 Å². The van der Waals surface area contributed by atoms with Crippen molar-refractivity contribution in [2.24, 2.45) is 5.73 Å². The molecule has 0 fully saturated rings. The number of anilines is 1. The van der Waals surface area contributed by atoms with E-state index in [2.05, 4.69) is 30.8 Å². The predicted molar refractivity (Wildman–Crippen MR) is 114 cm³/mol. The number of nitrogens with zero attached hydrogens (tertiary/aromatic N) is 6. The summed E-state index contributed by atoms with van der Waals surface area (Å²) in [6, 6.07) is 10.5. The fourth-order valence-corrected chi connectivity index (χ4v) is 2.81. The highest BCUT2D eigenvalue weighted by atomic mass is 19.3. The van der Waals surface area contributed by atoms with Gasteiger partial charge in [0.15, 0.2) is 0 Å². The third-order valence-electron chi connectivity index (χ3n) is 4.56. The summed E-state index contributed by atoms with van der Waals surface area (Å²) < 4.78 is 31.7. The first-order valence-electron chi connectivity index (χ1n) is 9.87. The molecule has 1 amide bonds. The molecule has 0 saturated carbocycles. The predicted octanol–water partition coefficient (Wildman–Crippen LogP) is 3.05. The van der Waals surface area contributed by atoms with Crippen molar-refractivity contribution >= 4 is 11.6 Å². The lowest BCUT2D eigenvalue weighted by atomic mass is 10.1. The van der Waals surface area contributed by atoms with Gasteiger partial charge in [-0.3, -0.25) is 9.78 Å². The maximum absolute atomic E-state index is 12.6. The molecule has 170 valence electrons. The third kappa shape index (κ3) is 5.23. The molecule has 3 N–H and O–H groups in total. The van der Waals surface area contributed by atoms with E-state index in [-0.39, 0.29) is 11.8 Å². The summed E-state index contributed by atoms with van der Waals surface area (Å²) in [6.07, 6.45) is 0.376. The Morgan fingerprint density at radius 3 is 2.67 bits per heavy atom. The Labute approximate surface area is 186 Å². The van der Waals surface area contributed by atoms with E-state index in [1.165, 1.54) is 6.20 Å². The summed E-state index contributed by atoms with van der Waals surface area (Å²) >= 11 is 0. The third-order valence-corrected chi connectivity index (χ3v) is 4.56. The SMILES string of the molecule is CC(C)(N)C(=O)Nc1cccc(-c2cn(Cc3ccc(-c4nnc(C(F)F)o4)cn3)nn2)c1. The van der Waals surface area contributed by atoms with E-state index in [9.17, 15) is 13.6 Å². The Hall–Kier alpha value is -4.06. The lowest BCUT2D eigenvalue weighted by molar-refractivity contribution is -0.120. The largest absolute Gasteiger partial charge is 0.415 e. The number of nitrogens with one attached hydrogen (secondary N) is 1. The van der Waals surface area contributed by atoms with Crippen molar-refractivity contribution in [3.8, 4) is 22.7 Å². The number of pyridine rings is 1. The van der Waals surface area contributed by atoms with Gasteiger partial charge in [0.05, 0.1) is 29.5 Å². The number of nitrogens with two attached hydrogens (primary N) is 1. The van der Waals surface area contributed by atoms with Crippen LogP contribution >= 0.6 is 0 Å². The molecule has 4 rings (SSSR count). The van der Waals surface area contributed by atoms with E-state index in [1.54, 1.807) is 55.1 Å². The zero-order chi connectivity index (χ0) is 23.6. The lowest BCUT2D eigenvalue weighted by Crippen LogP contribution is -2.45. The second kappa shape index (κ2) is 8.82. The number of hydrogen-bond donors (Lipinski definition) is 2. The van der Waals surface area contributed by atoms with Gasteiger partial charge in [0.1, 0.15) is 5.69 Å².